The van der Waals surface area contributed by atoms with E-state index in [0.717, 1.165) is 17.1 Å². The third-order valence-electron chi connectivity index (χ3n) is 2.78. The van der Waals surface area contributed by atoms with E-state index in [9.17, 15) is 0 Å². The van der Waals surface area contributed by atoms with Gasteiger partial charge in [-0.25, -0.2) is 0 Å². The molecule has 0 spiro atoms. The average molecular weight is 224 g/mol. The molecule has 0 saturated carbocycles. The van der Waals surface area contributed by atoms with E-state index in [-0.39, 0.29) is 19.0 Å². The van der Waals surface area contributed by atoms with Gasteiger partial charge in [0.25, 0.3) is 0 Å². The van der Waals surface area contributed by atoms with Crippen molar-refractivity contribution >= 4 is 0 Å². The number of benzene rings is 1. The van der Waals surface area contributed by atoms with Crippen LogP contribution in [0.2, 0.25) is 0 Å². The van der Waals surface area contributed by atoms with E-state index in [1.807, 2.05) is 25.1 Å². The Morgan fingerprint density at radius 3 is 2.56 bits per heavy atom. The second kappa shape index (κ2) is 4.72. The van der Waals surface area contributed by atoms with Crippen LogP contribution in [0, 0.1) is 0 Å². The maximum absolute atomic E-state index is 5.43. The summed E-state index contributed by atoms with van der Waals surface area (Å²) in [5.74, 6) is 1.55. The summed E-state index contributed by atoms with van der Waals surface area (Å²) >= 11 is 0. The van der Waals surface area contributed by atoms with Crippen molar-refractivity contribution in [2.45, 2.75) is 19.1 Å². The Labute approximate surface area is 95.1 Å². The van der Waals surface area contributed by atoms with Crippen LogP contribution in [0.3, 0.4) is 0 Å². The van der Waals surface area contributed by atoms with Gasteiger partial charge >= 0.3 is 0 Å². The summed E-state index contributed by atoms with van der Waals surface area (Å²) in [6.07, 6.45) is -0.107. The van der Waals surface area contributed by atoms with Gasteiger partial charge in [-0.2, -0.15) is 0 Å². The van der Waals surface area contributed by atoms with Gasteiger partial charge in [-0.15, -0.1) is 0 Å². The van der Waals surface area contributed by atoms with Crippen molar-refractivity contribution in [3.05, 3.63) is 23.8 Å². The molecule has 0 fully saturated rings. The first-order chi connectivity index (χ1) is 7.76. The lowest BCUT2D eigenvalue weighted by Gasteiger charge is -2.21. The topological polar surface area (TPSA) is 36.9 Å². The smallest absolute Gasteiger partial charge is 0.231 e. The average Bonchev–Trinajstić information content (AvgIpc) is 2.77. The van der Waals surface area contributed by atoms with E-state index in [2.05, 4.69) is 0 Å². The van der Waals surface area contributed by atoms with Crippen LogP contribution in [0.15, 0.2) is 18.2 Å². The lowest BCUT2D eigenvalue weighted by atomic mass is 10.0. The Balaban J connectivity index is 2.25. The highest BCUT2D eigenvalue weighted by molar-refractivity contribution is 5.45. The zero-order valence-corrected chi connectivity index (χ0v) is 9.73. The molecule has 1 aromatic rings. The van der Waals surface area contributed by atoms with Gasteiger partial charge in [0.05, 0.1) is 6.10 Å². The van der Waals surface area contributed by atoms with Gasteiger partial charge < -0.3 is 18.9 Å². The van der Waals surface area contributed by atoms with E-state index >= 15 is 0 Å². The summed E-state index contributed by atoms with van der Waals surface area (Å²) in [6.45, 7) is 2.26. The van der Waals surface area contributed by atoms with Crippen LogP contribution in [0.25, 0.3) is 0 Å². The largest absolute Gasteiger partial charge is 0.454 e. The van der Waals surface area contributed by atoms with Crippen LogP contribution < -0.4 is 9.47 Å². The number of methoxy groups -OCH3 is 2. The van der Waals surface area contributed by atoms with E-state index in [4.69, 9.17) is 18.9 Å². The van der Waals surface area contributed by atoms with Crippen molar-refractivity contribution in [3.63, 3.8) is 0 Å². The Bertz CT molecular complexity index is 364. The zero-order valence-electron chi connectivity index (χ0n) is 9.73. The molecule has 1 aromatic carbocycles. The molecule has 2 atom stereocenters. The molecular weight excluding hydrogens is 208 g/mol. The summed E-state index contributed by atoms with van der Waals surface area (Å²) in [4.78, 5) is 0. The number of hydrogen-bond acceptors (Lipinski definition) is 4. The van der Waals surface area contributed by atoms with Crippen molar-refractivity contribution in [2.75, 3.05) is 21.0 Å². The van der Waals surface area contributed by atoms with Crippen molar-refractivity contribution in [2.24, 2.45) is 0 Å². The minimum Gasteiger partial charge on any atom is -0.454 e. The molecule has 0 aliphatic carbocycles. The van der Waals surface area contributed by atoms with E-state index in [1.54, 1.807) is 14.2 Å². The fraction of sp³-hybridized carbons (Fsp3) is 0.500. The number of ether oxygens (including phenoxy) is 4. The molecular formula is C12H16O4. The Hall–Kier alpha value is -1.26. The summed E-state index contributed by atoms with van der Waals surface area (Å²) in [7, 11) is 3.34. The number of fused-ring (bicyclic) bond motifs is 1. The second-order valence-electron chi connectivity index (χ2n) is 3.71. The normalized spacial score (nSPS) is 17.2. The molecule has 1 aliphatic rings. The molecule has 0 unspecified atom stereocenters. The first kappa shape index (κ1) is 11.2. The van der Waals surface area contributed by atoms with Crippen LogP contribution in [0.5, 0.6) is 11.5 Å². The van der Waals surface area contributed by atoms with Gasteiger partial charge in [-0.1, -0.05) is 6.07 Å². The molecule has 1 heterocycles. The molecule has 4 heteroatoms. The standard InChI is InChI=1S/C12H16O4/c1-8(13-2)12(14-3)9-4-5-10-11(6-9)16-7-15-10/h4-6,8,12H,7H2,1-3H3/t8-,12-/m1/s1. The molecule has 1 aliphatic heterocycles. The Kier molecular flexibility index (Phi) is 3.31. The Morgan fingerprint density at radius 1 is 1.12 bits per heavy atom. The van der Waals surface area contributed by atoms with Gasteiger partial charge in [0.1, 0.15) is 6.10 Å². The highest BCUT2D eigenvalue weighted by atomic mass is 16.7. The quantitative estimate of drug-likeness (QED) is 0.785. The third kappa shape index (κ3) is 1.99. The first-order valence-corrected chi connectivity index (χ1v) is 5.21. The summed E-state index contributed by atoms with van der Waals surface area (Å²) in [5, 5.41) is 0. The van der Waals surface area contributed by atoms with E-state index < -0.39 is 0 Å². The molecule has 16 heavy (non-hydrogen) atoms. The molecule has 88 valence electrons. The molecule has 4 nitrogen and oxygen atoms in total. The van der Waals surface area contributed by atoms with Crippen molar-refractivity contribution < 1.29 is 18.9 Å². The fourth-order valence-electron chi connectivity index (χ4n) is 1.81. The maximum atomic E-state index is 5.43. The van der Waals surface area contributed by atoms with Gasteiger partial charge in [0, 0.05) is 14.2 Å². The van der Waals surface area contributed by atoms with Crippen molar-refractivity contribution in [3.8, 4) is 11.5 Å². The molecule has 0 amide bonds. The second-order valence-corrected chi connectivity index (χ2v) is 3.71. The van der Waals surface area contributed by atoms with Crippen LogP contribution in [-0.2, 0) is 9.47 Å². The molecule has 2 rings (SSSR count). The number of hydrogen-bond donors (Lipinski definition) is 0. The van der Waals surface area contributed by atoms with Crippen molar-refractivity contribution in [1.29, 1.82) is 0 Å². The minimum atomic E-state index is -0.0977. The van der Waals surface area contributed by atoms with Crippen LogP contribution in [-0.4, -0.2) is 27.1 Å². The summed E-state index contributed by atoms with van der Waals surface area (Å²) in [6, 6.07) is 5.80. The highest BCUT2D eigenvalue weighted by Crippen LogP contribution is 2.35. The van der Waals surface area contributed by atoms with Crippen LogP contribution >= 0.6 is 0 Å². The first-order valence-electron chi connectivity index (χ1n) is 5.21. The summed E-state index contributed by atoms with van der Waals surface area (Å²) in [5.41, 5.74) is 1.03. The van der Waals surface area contributed by atoms with E-state index in [1.165, 1.54) is 0 Å². The lowest BCUT2D eigenvalue weighted by molar-refractivity contribution is -0.0277. The highest BCUT2D eigenvalue weighted by Gasteiger charge is 2.22. The molecule has 0 N–H and O–H groups in total. The molecule has 0 aromatic heterocycles. The molecule has 0 saturated heterocycles. The SMILES string of the molecule is CO[C@H](C)[C@@H](OC)c1ccc2c(c1)OCO2. The predicted octanol–water partition coefficient (Wildman–Crippen LogP) is 2.14. The van der Waals surface area contributed by atoms with Gasteiger partial charge in [0.2, 0.25) is 6.79 Å². The lowest BCUT2D eigenvalue weighted by Crippen LogP contribution is -2.18. The molecule has 0 bridgehead atoms. The van der Waals surface area contributed by atoms with Gasteiger partial charge in [0.15, 0.2) is 11.5 Å². The maximum Gasteiger partial charge on any atom is 0.231 e. The molecule has 0 radical (unpaired) electrons. The predicted molar refractivity (Wildman–Crippen MR) is 58.8 cm³/mol. The minimum absolute atomic E-state index is 0.00892. The van der Waals surface area contributed by atoms with Crippen LogP contribution in [0.4, 0.5) is 0 Å². The zero-order chi connectivity index (χ0) is 11.5. The number of rotatable bonds is 4. The Morgan fingerprint density at radius 2 is 1.88 bits per heavy atom. The van der Waals surface area contributed by atoms with Gasteiger partial charge in [-0.3, -0.25) is 0 Å². The monoisotopic (exact) mass is 224 g/mol. The van der Waals surface area contributed by atoms with Gasteiger partial charge in [-0.05, 0) is 24.6 Å². The third-order valence-corrected chi connectivity index (χ3v) is 2.78. The van der Waals surface area contributed by atoms with Crippen molar-refractivity contribution in [1.82, 2.24) is 0 Å². The van der Waals surface area contributed by atoms with Crippen LogP contribution in [0.1, 0.15) is 18.6 Å². The summed E-state index contributed by atoms with van der Waals surface area (Å²) < 4.78 is 21.3. The fourth-order valence-corrected chi connectivity index (χ4v) is 1.81. The van der Waals surface area contributed by atoms with E-state index in [0.29, 0.717) is 0 Å².